The van der Waals surface area contributed by atoms with Crippen molar-refractivity contribution in [2.45, 2.75) is 6.42 Å². The monoisotopic (exact) mass is 346 g/mol. The second-order valence-corrected chi connectivity index (χ2v) is 7.65. The second-order valence-electron chi connectivity index (χ2n) is 5.81. The first kappa shape index (κ1) is 16.8. The predicted molar refractivity (Wildman–Crippen MR) is 97.0 cm³/mol. The minimum Gasteiger partial charge on any atom is -0.378 e. The van der Waals surface area contributed by atoms with E-state index in [2.05, 4.69) is 9.62 Å². The molecule has 24 heavy (non-hydrogen) atoms. The molecule has 5 nitrogen and oxygen atoms in total. The van der Waals surface area contributed by atoms with Crippen LogP contribution in [0.2, 0.25) is 0 Å². The lowest BCUT2D eigenvalue weighted by molar-refractivity contribution is 0.122. The van der Waals surface area contributed by atoms with Gasteiger partial charge < -0.3 is 9.64 Å². The van der Waals surface area contributed by atoms with Crippen molar-refractivity contribution in [1.82, 2.24) is 0 Å². The van der Waals surface area contributed by atoms with Crippen LogP contribution >= 0.6 is 0 Å². The van der Waals surface area contributed by atoms with E-state index in [0.29, 0.717) is 25.3 Å². The summed E-state index contributed by atoms with van der Waals surface area (Å²) in [5.41, 5.74) is 2.64. The van der Waals surface area contributed by atoms with E-state index in [0.717, 1.165) is 24.3 Å². The molecule has 3 rings (SSSR count). The minimum atomic E-state index is -3.37. The summed E-state index contributed by atoms with van der Waals surface area (Å²) in [5.74, 6) is 0.0682. The molecule has 0 atom stereocenters. The molecule has 1 aliphatic heterocycles. The summed E-state index contributed by atoms with van der Waals surface area (Å²) >= 11 is 0. The SMILES string of the molecule is O=S(=O)(CCc1ccccc1)Nc1cccc(N2CCOCC2)c1. The lowest BCUT2D eigenvalue weighted by atomic mass is 10.2. The maximum Gasteiger partial charge on any atom is 0.233 e. The van der Waals surface area contributed by atoms with Crippen LogP contribution in [0.15, 0.2) is 54.6 Å². The van der Waals surface area contributed by atoms with Gasteiger partial charge in [0.2, 0.25) is 10.0 Å². The van der Waals surface area contributed by atoms with Gasteiger partial charge in [-0.05, 0) is 30.2 Å². The standard InChI is InChI=1S/C18H22N2O3S/c21-24(22,14-9-16-5-2-1-3-6-16)19-17-7-4-8-18(15-17)20-10-12-23-13-11-20/h1-8,15,19H,9-14H2. The predicted octanol–water partition coefficient (Wildman–Crippen LogP) is 2.51. The first-order valence-corrected chi connectivity index (χ1v) is 9.75. The molecule has 6 heteroatoms. The fourth-order valence-electron chi connectivity index (χ4n) is 2.72. The molecule has 0 aromatic heterocycles. The fraction of sp³-hybridized carbons (Fsp3) is 0.333. The number of nitrogens with one attached hydrogen (secondary N) is 1. The van der Waals surface area contributed by atoms with E-state index in [9.17, 15) is 8.42 Å². The molecule has 0 amide bonds. The average Bonchev–Trinajstić information content (AvgIpc) is 2.62. The van der Waals surface area contributed by atoms with Crippen LogP contribution in [0.5, 0.6) is 0 Å². The Morgan fingerprint density at radius 2 is 1.75 bits per heavy atom. The third-order valence-corrected chi connectivity index (χ3v) is 5.29. The molecule has 128 valence electrons. The maximum absolute atomic E-state index is 12.3. The van der Waals surface area contributed by atoms with Gasteiger partial charge in [0.15, 0.2) is 0 Å². The lowest BCUT2D eigenvalue weighted by Gasteiger charge is -2.29. The highest BCUT2D eigenvalue weighted by Gasteiger charge is 2.14. The zero-order chi connectivity index (χ0) is 16.8. The van der Waals surface area contributed by atoms with Gasteiger partial charge in [-0.2, -0.15) is 0 Å². The Labute approximate surface area is 143 Å². The number of hydrogen-bond donors (Lipinski definition) is 1. The Bertz CT molecular complexity index is 757. The number of anilines is 2. The van der Waals surface area contributed by atoms with Crippen LogP contribution in [0.1, 0.15) is 5.56 Å². The summed E-state index contributed by atoms with van der Waals surface area (Å²) < 4.78 is 32.7. The second kappa shape index (κ2) is 7.68. The summed E-state index contributed by atoms with van der Waals surface area (Å²) in [6.45, 7) is 3.05. The number of benzene rings is 2. The Balaban J connectivity index is 1.63. The molecule has 0 aliphatic carbocycles. The molecule has 1 aliphatic rings. The normalized spacial score (nSPS) is 15.2. The Morgan fingerprint density at radius 3 is 2.50 bits per heavy atom. The number of rotatable bonds is 6. The van der Waals surface area contributed by atoms with Crippen molar-refractivity contribution < 1.29 is 13.2 Å². The van der Waals surface area contributed by atoms with Gasteiger partial charge in [-0.25, -0.2) is 8.42 Å². The zero-order valence-electron chi connectivity index (χ0n) is 13.5. The van der Waals surface area contributed by atoms with Crippen molar-refractivity contribution in [2.75, 3.05) is 41.7 Å². The van der Waals surface area contributed by atoms with Crippen LogP contribution in [0.4, 0.5) is 11.4 Å². The molecule has 0 unspecified atom stereocenters. The Morgan fingerprint density at radius 1 is 1.00 bits per heavy atom. The van der Waals surface area contributed by atoms with Crippen molar-refractivity contribution >= 4 is 21.4 Å². The molecule has 1 saturated heterocycles. The van der Waals surface area contributed by atoms with Gasteiger partial charge in [-0.3, -0.25) is 4.72 Å². The van der Waals surface area contributed by atoms with Gasteiger partial charge in [0.1, 0.15) is 0 Å². The number of morpholine rings is 1. The Kier molecular flexibility index (Phi) is 5.37. The minimum absolute atomic E-state index is 0.0682. The van der Waals surface area contributed by atoms with Crippen molar-refractivity contribution in [3.8, 4) is 0 Å². The molecule has 1 fully saturated rings. The highest BCUT2D eigenvalue weighted by molar-refractivity contribution is 7.92. The smallest absolute Gasteiger partial charge is 0.233 e. The van der Waals surface area contributed by atoms with E-state index in [-0.39, 0.29) is 5.75 Å². The number of sulfonamides is 1. The first-order valence-electron chi connectivity index (χ1n) is 8.10. The summed E-state index contributed by atoms with van der Waals surface area (Å²) in [6, 6.07) is 17.2. The molecule has 0 bridgehead atoms. The lowest BCUT2D eigenvalue weighted by Crippen LogP contribution is -2.36. The van der Waals surface area contributed by atoms with Gasteiger partial charge >= 0.3 is 0 Å². The van der Waals surface area contributed by atoms with E-state index >= 15 is 0 Å². The fourth-order valence-corrected chi connectivity index (χ4v) is 3.81. The summed E-state index contributed by atoms with van der Waals surface area (Å²) in [6.07, 6.45) is 0.499. The van der Waals surface area contributed by atoms with Crippen LogP contribution in [0, 0.1) is 0 Å². The zero-order valence-corrected chi connectivity index (χ0v) is 14.3. The number of aryl methyl sites for hydroxylation is 1. The molecule has 0 saturated carbocycles. The van der Waals surface area contributed by atoms with Crippen LogP contribution in [-0.4, -0.2) is 40.5 Å². The van der Waals surface area contributed by atoms with E-state index in [4.69, 9.17) is 4.74 Å². The van der Waals surface area contributed by atoms with Crippen LogP contribution < -0.4 is 9.62 Å². The number of hydrogen-bond acceptors (Lipinski definition) is 4. The van der Waals surface area contributed by atoms with Crippen LogP contribution in [0.25, 0.3) is 0 Å². The quantitative estimate of drug-likeness (QED) is 0.873. The molecule has 2 aromatic carbocycles. The van der Waals surface area contributed by atoms with Crippen molar-refractivity contribution in [3.05, 3.63) is 60.2 Å². The van der Waals surface area contributed by atoms with E-state index in [1.54, 1.807) is 6.07 Å². The van der Waals surface area contributed by atoms with Gasteiger partial charge in [0.05, 0.1) is 24.7 Å². The third-order valence-electron chi connectivity index (χ3n) is 4.00. The van der Waals surface area contributed by atoms with Crippen molar-refractivity contribution in [2.24, 2.45) is 0 Å². The van der Waals surface area contributed by atoms with E-state index in [1.165, 1.54) is 0 Å². The van der Waals surface area contributed by atoms with Gasteiger partial charge in [0.25, 0.3) is 0 Å². The highest BCUT2D eigenvalue weighted by Crippen LogP contribution is 2.21. The Hall–Kier alpha value is -2.05. The highest BCUT2D eigenvalue weighted by atomic mass is 32.2. The first-order chi connectivity index (χ1) is 11.6. The molecule has 2 aromatic rings. The van der Waals surface area contributed by atoms with Gasteiger partial charge in [-0.1, -0.05) is 36.4 Å². The van der Waals surface area contributed by atoms with Crippen LogP contribution in [0.3, 0.4) is 0 Å². The number of ether oxygens (including phenoxy) is 1. The summed E-state index contributed by atoms with van der Waals surface area (Å²) in [7, 11) is -3.37. The molecule has 0 radical (unpaired) electrons. The largest absolute Gasteiger partial charge is 0.378 e. The van der Waals surface area contributed by atoms with Gasteiger partial charge in [0, 0.05) is 18.8 Å². The topological polar surface area (TPSA) is 58.6 Å². The summed E-state index contributed by atoms with van der Waals surface area (Å²) in [4.78, 5) is 2.20. The molecule has 1 N–H and O–H groups in total. The van der Waals surface area contributed by atoms with Gasteiger partial charge in [-0.15, -0.1) is 0 Å². The summed E-state index contributed by atoms with van der Waals surface area (Å²) in [5, 5.41) is 0. The number of nitrogens with zero attached hydrogens (tertiary/aromatic N) is 1. The third kappa shape index (κ3) is 4.72. The maximum atomic E-state index is 12.3. The molecule has 1 heterocycles. The molecular weight excluding hydrogens is 324 g/mol. The van der Waals surface area contributed by atoms with E-state index in [1.807, 2.05) is 48.5 Å². The van der Waals surface area contributed by atoms with Crippen LogP contribution in [-0.2, 0) is 21.2 Å². The average molecular weight is 346 g/mol. The van der Waals surface area contributed by atoms with E-state index < -0.39 is 10.0 Å². The molecular formula is C18H22N2O3S. The van der Waals surface area contributed by atoms with Crippen molar-refractivity contribution in [3.63, 3.8) is 0 Å². The molecule has 0 spiro atoms. The van der Waals surface area contributed by atoms with Crippen molar-refractivity contribution in [1.29, 1.82) is 0 Å².